The third kappa shape index (κ3) is 7.54. The third-order valence-corrected chi connectivity index (χ3v) is 13.5. The number of hydrogen-bond donors (Lipinski definition) is 0. The first-order valence-electron chi connectivity index (χ1n) is 19.5. The fourth-order valence-corrected chi connectivity index (χ4v) is 10.5. The van der Waals surface area contributed by atoms with Gasteiger partial charge in [0.2, 0.25) is 5.75 Å². The van der Waals surface area contributed by atoms with Crippen LogP contribution in [0.3, 0.4) is 0 Å². The molecular formula is C46H52N2O7S. The monoisotopic (exact) mass is 776 g/mol. The van der Waals surface area contributed by atoms with Crippen LogP contribution in [0.15, 0.2) is 84.5 Å². The summed E-state index contributed by atoms with van der Waals surface area (Å²) in [5.41, 5.74) is 9.38. The second-order valence-electron chi connectivity index (χ2n) is 15.7. The first kappa shape index (κ1) is 38.1. The van der Waals surface area contributed by atoms with Gasteiger partial charge in [0.05, 0.1) is 32.8 Å². The Bertz CT molecular complexity index is 2300. The Labute approximate surface area is 331 Å². The van der Waals surface area contributed by atoms with E-state index in [1.807, 2.05) is 42.5 Å². The fraction of sp³-hybridized carbons (Fsp3) is 0.391. The first-order chi connectivity index (χ1) is 27.0. The van der Waals surface area contributed by atoms with E-state index in [1.165, 1.54) is 16.7 Å². The molecule has 10 heteroatoms. The Morgan fingerprint density at radius 3 is 2.25 bits per heavy atom. The molecular weight excluding hydrogens is 725 g/mol. The van der Waals surface area contributed by atoms with Gasteiger partial charge in [0.15, 0.2) is 32.8 Å². The van der Waals surface area contributed by atoms with Crippen molar-refractivity contribution in [3.63, 3.8) is 0 Å². The largest absolute Gasteiger partial charge is 0.493 e. The smallest absolute Gasteiger partial charge is 0.204 e. The van der Waals surface area contributed by atoms with Gasteiger partial charge < -0.3 is 23.7 Å². The SMILES string of the molecule is COc1cc(CS(=O)(=O)Cc2ccccc2)c2cc1OC1C=CC(=CC1)C[C@H]1c3cc(c(C)cc3CCN1C)Oc1c(OC)c(OC)cc3c1[C@H](C2)N(C)CC3. The van der Waals surface area contributed by atoms with Crippen LogP contribution in [0.1, 0.15) is 69.4 Å². The Morgan fingerprint density at radius 1 is 0.786 bits per heavy atom. The summed E-state index contributed by atoms with van der Waals surface area (Å²) in [6, 6.07) is 19.8. The molecule has 56 heavy (non-hydrogen) atoms. The summed E-state index contributed by atoms with van der Waals surface area (Å²) in [4.78, 5) is 4.78. The standard InChI is InChI=1S/C46H52N2O7S/c1-29-20-32-16-18-47(2)38-21-30-12-14-36(15-13-30)54-42-24-34(35(25-41(42)51-4)28-56(49,50)27-31-10-8-7-9-11-31)22-39-44-33(17-19-48(39)3)23-43(52-5)45(53-6)46(44)55-40(29)26-37(32)38/h7-14,20,23-26,36,38-39H,15-19,21-22,27-28H2,1-6H3/t36?,38-,39-/m0/s1. The third-order valence-electron chi connectivity index (χ3n) is 12.0. The highest BCUT2D eigenvalue weighted by Gasteiger charge is 2.35. The molecule has 0 fully saturated rings. The molecule has 4 aromatic rings. The summed E-state index contributed by atoms with van der Waals surface area (Å²) >= 11 is 0. The Morgan fingerprint density at radius 2 is 1.54 bits per heavy atom. The van der Waals surface area contributed by atoms with Gasteiger partial charge in [0.25, 0.3) is 0 Å². The summed E-state index contributed by atoms with van der Waals surface area (Å²) < 4.78 is 59.7. The molecule has 3 atom stereocenters. The number of aryl methyl sites for hydroxylation is 1. The van der Waals surface area contributed by atoms with E-state index >= 15 is 0 Å². The lowest BCUT2D eigenvalue weighted by Crippen LogP contribution is -2.34. The molecule has 294 valence electrons. The molecule has 6 bridgehead atoms. The van der Waals surface area contributed by atoms with Crippen LogP contribution < -0.4 is 23.7 Å². The molecule has 1 unspecified atom stereocenters. The normalized spacial score (nSPS) is 20.8. The quantitative estimate of drug-likeness (QED) is 0.184. The average Bonchev–Trinajstić information content (AvgIpc) is 3.18. The summed E-state index contributed by atoms with van der Waals surface area (Å²) in [6.07, 6.45) is 10.2. The van der Waals surface area contributed by atoms with Crippen LogP contribution in [0.2, 0.25) is 0 Å². The minimum absolute atomic E-state index is 0.0622. The Hall–Kier alpha value is -4.77. The molecule has 0 saturated heterocycles. The average molecular weight is 777 g/mol. The van der Waals surface area contributed by atoms with Crippen LogP contribution >= 0.6 is 0 Å². The van der Waals surface area contributed by atoms with Gasteiger partial charge in [-0.15, -0.1) is 0 Å². The van der Waals surface area contributed by atoms with Crippen LogP contribution in [-0.4, -0.2) is 72.8 Å². The van der Waals surface area contributed by atoms with Gasteiger partial charge in [0, 0.05) is 37.2 Å². The lowest BCUT2D eigenvalue weighted by molar-refractivity contribution is 0.218. The van der Waals surface area contributed by atoms with Gasteiger partial charge in [-0.3, -0.25) is 9.80 Å². The van der Waals surface area contributed by atoms with Crippen molar-refractivity contribution < 1.29 is 32.1 Å². The van der Waals surface area contributed by atoms with Crippen molar-refractivity contribution >= 4 is 9.84 Å². The van der Waals surface area contributed by atoms with Crippen molar-refractivity contribution in [2.45, 2.75) is 68.7 Å². The molecule has 1 aliphatic carbocycles. The van der Waals surface area contributed by atoms with Crippen molar-refractivity contribution in [1.82, 2.24) is 9.80 Å². The maximum atomic E-state index is 13.9. The van der Waals surface area contributed by atoms with Gasteiger partial charge in [-0.2, -0.15) is 0 Å². The Kier molecular flexibility index (Phi) is 10.6. The second kappa shape index (κ2) is 15.6. The number of rotatable bonds is 7. The molecule has 4 aliphatic heterocycles. The van der Waals surface area contributed by atoms with Crippen LogP contribution in [0.5, 0.6) is 34.5 Å². The maximum Gasteiger partial charge on any atom is 0.204 e. The van der Waals surface area contributed by atoms with Crippen LogP contribution in [-0.2, 0) is 40.6 Å². The maximum absolute atomic E-state index is 13.9. The number of benzene rings is 4. The molecule has 5 aliphatic rings. The molecule has 4 aromatic carbocycles. The summed E-state index contributed by atoms with van der Waals surface area (Å²) in [6.45, 7) is 3.89. The molecule has 4 heterocycles. The van der Waals surface area contributed by atoms with Crippen LogP contribution in [0.4, 0.5) is 0 Å². The van der Waals surface area contributed by atoms with E-state index in [0.29, 0.717) is 47.2 Å². The van der Waals surface area contributed by atoms with Gasteiger partial charge in [-0.25, -0.2) is 8.42 Å². The number of hydrogen-bond acceptors (Lipinski definition) is 9. The van der Waals surface area contributed by atoms with E-state index < -0.39 is 9.84 Å². The summed E-state index contributed by atoms with van der Waals surface area (Å²) in [5.74, 6) is 3.44. The van der Waals surface area contributed by atoms with Gasteiger partial charge in [-0.05, 0) is 116 Å². The highest BCUT2D eigenvalue weighted by atomic mass is 32.2. The van der Waals surface area contributed by atoms with E-state index in [2.05, 4.69) is 67.2 Å². The lowest BCUT2D eigenvalue weighted by Gasteiger charge is -2.38. The second-order valence-corrected chi connectivity index (χ2v) is 17.7. The van der Waals surface area contributed by atoms with Crippen molar-refractivity contribution in [3.05, 3.63) is 129 Å². The number of ether oxygens (including phenoxy) is 5. The molecule has 0 aromatic heterocycles. The van der Waals surface area contributed by atoms with Gasteiger partial charge >= 0.3 is 0 Å². The molecule has 0 N–H and O–H groups in total. The predicted molar refractivity (Wildman–Crippen MR) is 219 cm³/mol. The van der Waals surface area contributed by atoms with Crippen molar-refractivity contribution in [2.75, 3.05) is 48.5 Å². The molecule has 9 rings (SSSR count). The number of sulfone groups is 1. The molecule has 0 radical (unpaired) electrons. The number of allylic oxidation sites excluding steroid dienone is 1. The first-order valence-corrected chi connectivity index (χ1v) is 21.3. The number of fused-ring (bicyclic) bond motifs is 1. The summed E-state index contributed by atoms with van der Waals surface area (Å²) in [7, 11) is 5.68. The Balaban J connectivity index is 1.31. The van der Waals surface area contributed by atoms with Crippen LogP contribution in [0, 0.1) is 6.92 Å². The van der Waals surface area contributed by atoms with E-state index in [9.17, 15) is 8.42 Å². The fourth-order valence-electron chi connectivity index (χ4n) is 8.91. The zero-order valence-electron chi connectivity index (χ0n) is 33.3. The topological polar surface area (TPSA) is 86.8 Å². The van der Waals surface area contributed by atoms with Crippen molar-refractivity contribution in [3.8, 4) is 34.5 Å². The minimum Gasteiger partial charge on any atom is -0.493 e. The van der Waals surface area contributed by atoms with E-state index in [1.54, 1.807) is 21.3 Å². The minimum atomic E-state index is -3.57. The molecule has 0 spiro atoms. The molecule has 9 nitrogen and oxygen atoms in total. The van der Waals surface area contributed by atoms with Gasteiger partial charge in [-0.1, -0.05) is 54.1 Å². The van der Waals surface area contributed by atoms with Crippen molar-refractivity contribution in [2.24, 2.45) is 0 Å². The highest BCUT2D eigenvalue weighted by Crippen LogP contribution is 2.51. The van der Waals surface area contributed by atoms with Crippen LogP contribution in [0.25, 0.3) is 0 Å². The van der Waals surface area contributed by atoms with Gasteiger partial charge in [0.1, 0.15) is 11.9 Å². The van der Waals surface area contributed by atoms with Crippen molar-refractivity contribution in [1.29, 1.82) is 0 Å². The number of nitrogens with zero attached hydrogens (tertiary/aromatic N) is 2. The highest BCUT2D eigenvalue weighted by molar-refractivity contribution is 7.89. The predicted octanol–water partition coefficient (Wildman–Crippen LogP) is 8.27. The number of likely N-dealkylation sites (N-methyl/N-ethyl adjacent to an activating group) is 2. The molecule has 0 amide bonds. The van der Waals surface area contributed by atoms with E-state index in [0.717, 1.165) is 65.9 Å². The number of methoxy groups -OCH3 is 3. The zero-order chi connectivity index (χ0) is 39.1. The lowest BCUT2D eigenvalue weighted by atomic mass is 9.85. The summed E-state index contributed by atoms with van der Waals surface area (Å²) in [5, 5.41) is 0. The molecule has 0 saturated carbocycles. The van der Waals surface area contributed by atoms with E-state index in [-0.39, 0.29) is 29.7 Å². The zero-order valence-corrected chi connectivity index (χ0v) is 34.1. The van der Waals surface area contributed by atoms with E-state index in [4.69, 9.17) is 23.7 Å².